The van der Waals surface area contributed by atoms with Gasteiger partial charge in [0.2, 0.25) is 0 Å². The molecule has 10 heteroatoms. The summed E-state index contributed by atoms with van der Waals surface area (Å²) in [5, 5.41) is 13.3. The Kier molecular flexibility index (Phi) is 5.32. The minimum atomic E-state index is -1.13. The topological polar surface area (TPSA) is 120 Å². The number of nitrogens with one attached hydrogen (secondary N) is 1. The van der Waals surface area contributed by atoms with Gasteiger partial charge in [0.05, 0.1) is 30.7 Å². The van der Waals surface area contributed by atoms with Gasteiger partial charge in [-0.05, 0) is 19.1 Å². The molecule has 0 aliphatic heterocycles. The van der Waals surface area contributed by atoms with Crippen molar-refractivity contribution >= 4 is 22.8 Å². The van der Waals surface area contributed by atoms with Crippen molar-refractivity contribution in [2.75, 3.05) is 11.9 Å². The van der Waals surface area contributed by atoms with Gasteiger partial charge in [-0.25, -0.2) is 14.6 Å². The maximum absolute atomic E-state index is 12.5. The number of carbonyl (C=O) groups is 1. The minimum absolute atomic E-state index is 0.0267. The van der Waals surface area contributed by atoms with Gasteiger partial charge < -0.3 is 19.7 Å². The Morgan fingerprint density at radius 2 is 1.96 bits per heavy atom. The van der Waals surface area contributed by atoms with Crippen molar-refractivity contribution in [2.24, 2.45) is 14.1 Å². The lowest BCUT2D eigenvalue weighted by atomic mass is 10.2. The van der Waals surface area contributed by atoms with Crippen molar-refractivity contribution < 1.29 is 14.6 Å². The summed E-state index contributed by atoms with van der Waals surface area (Å²) in [6.07, 6.45) is 0.253. The quantitative estimate of drug-likeness (QED) is 0.453. The number of carbonyl (C=O) groups excluding carboxylic acids is 1. The van der Waals surface area contributed by atoms with Crippen LogP contribution in [0.1, 0.15) is 17.3 Å². The van der Waals surface area contributed by atoms with Gasteiger partial charge in [0, 0.05) is 14.1 Å². The van der Waals surface area contributed by atoms with Crippen LogP contribution in [-0.4, -0.2) is 42.6 Å². The first kappa shape index (κ1) is 19.4. The molecule has 3 rings (SSSR count). The van der Waals surface area contributed by atoms with Crippen molar-refractivity contribution in [1.82, 2.24) is 18.7 Å². The molecule has 0 saturated carbocycles. The van der Waals surface area contributed by atoms with Gasteiger partial charge >= 0.3 is 11.7 Å². The number of nitrogens with zero attached hydrogens (tertiary/aromatic N) is 4. The van der Waals surface area contributed by atoms with E-state index in [-0.39, 0.29) is 29.9 Å². The number of fused-ring (bicyclic) bond motifs is 1. The van der Waals surface area contributed by atoms with Crippen LogP contribution in [0.15, 0.2) is 40.2 Å². The molecule has 28 heavy (non-hydrogen) atoms. The summed E-state index contributed by atoms with van der Waals surface area (Å²) in [5.74, 6) is -0.505. The number of aliphatic hydroxyl groups is 1. The summed E-state index contributed by atoms with van der Waals surface area (Å²) in [6.45, 7) is 1.92. The van der Waals surface area contributed by atoms with Crippen molar-refractivity contribution in [2.45, 2.75) is 19.7 Å². The van der Waals surface area contributed by atoms with Crippen LogP contribution in [0.25, 0.3) is 11.2 Å². The van der Waals surface area contributed by atoms with Gasteiger partial charge in [0.1, 0.15) is 6.23 Å². The summed E-state index contributed by atoms with van der Waals surface area (Å²) >= 11 is 0. The predicted octanol–water partition coefficient (Wildman–Crippen LogP) is 0.0409. The number of esters is 1. The number of aryl methyl sites for hydroxylation is 1. The van der Waals surface area contributed by atoms with E-state index in [4.69, 9.17) is 4.74 Å². The normalized spacial score (nSPS) is 12.1. The van der Waals surface area contributed by atoms with E-state index in [1.54, 1.807) is 31.2 Å². The zero-order valence-electron chi connectivity index (χ0n) is 15.7. The zero-order valence-corrected chi connectivity index (χ0v) is 15.7. The first-order valence-electron chi connectivity index (χ1n) is 8.66. The van der Waals surface area contributed by atoms with Crippen molar-refractivity contribution in [3.8, 4) is 0 Å². The van der Waals surface area contributed by atoms with Gasteiger partial charge in [0.15, 0.2) is 11.2 Å². The molecule has 0 bridgehead atoms. The van der Waals surface area contributed by atoms with Crippen molar-refractivity contribution in [3.05, 3.63) is 57.0 Å². The van der Waals surface area contributed by atoms with E-state index < -0.39 is 23.4 Å². The maximum Gasteiger partial charge on any atom is 0.340 e. The summed E-state index contributed by atoms with van der Waals surface area (Å²) in [6, 6.07) is 6.64. The van der Waals surface area contributed by atoms with Crippen LogP contribution in [0.3, 0.4) is 0 Å². The van der Waals surface area contributed by atoms with Gasteiger partial charge in [-0.2, -0.15) is 0 Å². The van der Waals surface area contributed by atoms with E-state index in [0.29, 0.717) is 5.69 Å². The van der Waals surface area contributed by atoms with Gasteiger partial charge in [-0.3, -0.25) is 13.9 Å². The molecule has 2 aromatic heterocycles. The van der Waals surface area contributed by atoms with E-state index in [0.717, 1.165) is 4.57 Å². The SMILES string of the molecule is CCOC(=O)c1ccccc1NC(O)Cn1cnc2c1c(=O)n(C)c(=O)n2C. The third-order valence-electron chi connectivity index (χ3n) is 4.33. The molecule has 1 unspecified atom stereocenters. The summed E-state index contributed by atoms with van der Waals surface area (Å²) in [5.41, 5.74) is 0.131. The van der Waals surface area contributed by atoms with Crippen LogP contribution in [0, 0.1) is 0 Å². The van der Waals surface area contributed by atoms with Crippen LogP contribution < -0.4 is 16.6 Å². The number of anilines is 1. The second kappa shape index (κ2) is 7.69. The van der Waals surface area contributed by atoms with Crippen LogP contribution in [-0.2, 0) is 25.4 Å². The molecule has 0 fully saturated rings. The molecule has 0 spiro atoms. The van der Waals surface area contributed by atoms with Crippen LogP contribution in [0.2, 0.25) is 0 Å². The van der Waals surface area contributed by atoms with Crippen molar-refractivity contribution in [3.63, 3.8) is 0 Å². The fourth-order valence-corrected chi connectivity index (χ4v) is 2.94. The lowest BCUT2D eigenvalue weighted by Crippen LogP contribution is -2.38. The minimum Gasteiger partial charge on any atom is -0.462 e. The van der Waals surface area contributed by atoms with Crippen LogP contribution >= 0.6 is 0 Å². The standard InChI is InChI=1S/C18H21N5O5/c1-4-28-17(26)11-7-5-6-8-12(11)20-13(24)9-23-10-19-15-14(23)16(25)22(3)18(27)21(15)2/h5-8,10,13,20,24H,4,9H2,1-3H3. The third kappa shape index (κ3) is 3.41. The number of aliphatic hydroxyl groups excluding tert-OH is 1. The molecular formula is C18H21N5O5. The molecule has 0 saturated heterocycles. The number of hydrogen-bond donors (Lipinski definition) is 2. The number of benzene rings is 1. The van der Waals surface area contributed by atoms with Crippen molar-refractivity contribution in [1.29, 1.82) is 0 Å². The summed E-state index contributed by atoms with van der Waals surface area (Å²) in [4.78, 5) is 40.6. The Balaban J connectivity index is 1.90. The highest BCUT2D eigenvalue weighted by atomic mass is 16.5. The Morgan fingerprint density at radius 1 is 1.25 bits per heavy atom. The lowest BCUT2D eigenvalue weighted by molar-refractivity contribution is 0.0527. The third-order valence-corrected chi connectivity index (χ3v) is 4.33. The van der Waals surface area contributed by atoms with E-state index in [9.17, 15) is 19.5 Å². The number of hydrogen-bond acceptors (Lipinski definition) is 7. The average molecular weight is 387 g/mol. The number of para-hydroxylation sites is 1. The first-order chi connectivity index (χ1) is 13.3. The van der Waals surface area contributed by atoms with Gasteiger partial charge in [-0.1, -0.05) is 12.1 Å². The summed E-state index contributed by atoms with van der Waals surface area (Å²) in [7, 11) is 2.90. The van der Waals surface area contributed by atoms with Crippen LogP contribution in [0.5, 0.6) is 0 Å². The molecule has 0 aliphatic rings. The molecule has 0 amide bonds. The van der Waals surface area contributed by atoms with E-state index in [2.05, 4.69) is 10.3 Å². The fourth-order valence-electron chi connectivity index (χ4n) is 2.94. The zero-order chi connectivity index (χ0) is 20.4. The Hall–Kier alpha value is -3.40. The van der Waals surface area contributed by atoms with E-state index >= 15 is 0 Å². The second-order valence-corrected chi connectivity index (χ2v) is 6.20. The first-order valence-corrected chi connectivity index (χ1v) is 8.66. The number of imidazole rings is 1. The highest BCUT2D eigenvalue weighted by Gasteiger charge is 2.18. The van der Waals surface area contributed by atoms with Gasteiger partial charge in [0.25, 0.3) is 5.56 Å². The molecule has 3 aromatic rings. The monoisotopic (exact) mass is 387 g/mol. The number of aromatic nitrogens is 4. The molecule has 0 radical (unpaired) electrons. The lowest BCUT2D eigenvalue weighted by Gasteiger charge is -2.17. The highest BCUT2D eigenvalue weighted by Crippen LogP contribution is 2.17. The fraction of sp³-hybridized carbons (Fsp3) is 0.333. The maximum atomic E-state index is 12.5. The highest BCUT2D eigenvalue weighted by molar-refractivity contribution is 5.95. The second-order valence-electron chi connectivity index (χ2n) is 6.20. The number of ether oxygens (including phenoxy) is 1. The molecule has 2 N–H and O–H groups in total. The number of rotatable bonds is 6. The molecule has 10 nitrogen and oxygen atoms in total. The van der Waals surface area contributed by atoms with E-state index in [1.165, 1.54) is 29.6 Å². The molecule has 1 aromatic carbocycles. The Bertz CT molecular complexity index is 1140. The van der Waals surface area contributed by atoms with Gasteiger partial charge in [-0.15, -0.1) is 0 Å². The van der Waals surface area contributed by atoms with Crippen LogP contribution in [0.4, 0.5) is 5.69 Å². The molecule has 2 heterocycles. The largest absolute Gasteiger partial charge is 0.462 e. The molecule has 1 atom stereocenters. The summed E-state index contributed by atoms with van der Waals surface area (Å²) < 4.78 is 8.72. The average Bonchev–Trinajstić information content (AvgIpc) is 3.08. The molecule has 0 aliphatic carbocycles. The smallest absolute Gasteiger partial charge is 0.340 e. The predicted molar refractivity (Wildman–Crippen MR) is 102 cm³/mol. The Morgan fingerprint density at radius 3 is 2.68 bits per heavy atom. The molecule has 148 valence electrons. The van der Waals surface area contributed by atoms with E-state index in [1.807, 2.05) is 0 Å². The Labute approximate surface area is 159 Å². The molecular weight excluding hydrogens is 366 g/mol.